The summed E-state index contributed by atoms with van der Waals surface area (Å²) < 4.78 is 25.2. The molecule has 5 nitrogen and oxygen atoms in total. The Hall–Kier alpha value is -1.57. The lowest BCUT2D eigenvalue weighted by Gasteiger charge is -2.32. The summed E-state index contributed by atoms with van der Waals surface area (Å²) >= 11 is 0. The van der Waals surface area contributed by atoms with E-state index in [2.05, 4.69) is 0 Å². The molecule has 0 amide bonds. The van der Waals surface area contributed by atoms with Crippen molar-refractivity contribution >= 4 is 24.6 Å². The zero-order valence-electron chi connectivity index (χ0n) is 13.3. The molecule has 120 valence electrons. The number of hydrogen-bond donors (Lipinski definition) is 3. The number of anilines is 2. The van der Waals surface area contributed by atoms with Crippen LogP contribution in [0.5, 0.6) is 0 Å². The number of aliphatic hydroxyl groups excluding tert-OH is 1. The average molecular weight is 308 g/mol. The SMILES string of the molecule is CC1(C)OB(C(=Cc2cc(F)cc(N)c2N)CO)OC1(C)C. The van der Waals surface area contributed by atoms with E-state index >= 15 is 0 Å². The molecule has 0 saturated carbocycles. The second-order valence-electron chi connectivity index (χ2n) is 6.46. The molecule has 0 aromatic heterocycles. The van der Waals surface area contributed by atoms with Crippen LogP contribution in [-0.4, -0.2) is 30.0 Å². The Labute approximate surface area is 130 Å². The Kier molecular flexibility index (Phi) is 4.25. The van der Waals surface area contributed by atoms with Gasteiger partial charge in [0, 0.05) is 5.56 Å². The predicted octanol–water partition coefficient (Wildman–Crippen LogP) is 2.00. The van der Waals surface area contributed by atoms with E-state index in [1.54, 1.807) is 6.08 Å². The minimum absolute atomic E-state index is 0.150. The normalized spacial score (nSPS) is 20.5. The Morgan fingerprint density at radius 1 is 1.23 bits per heavy atom. The molecule has 1 saturated heterocycles. The Morgan fingerprint density at radius 2 is 1.77 bits per heavy atom. The number of aliphatic hydroxyl groups is 1. The Balaban J connectivity index is 2.38. The van der Waals surface area contributed by atoms with Crippen molar-refractivity contribution in [1.82, 2.24) is 0 Å². The lowest BCUT2D eigenvalue weighted by atomic mass is 9.77. The third-order valence-electron chi connectivity index (χ3n) is 4.29. The average Bonchev–Trinajstić information content (AvgIpc) is 2.60. The summed E-state index contributed by atoms with van der Waals surface area (Å²) in [5.74, 6) is -0.496. The zero-order valence-corrected chi connectivity index (χ0v) is 13.3. The fraction of sp³-hybridized carbons (Fsp3) is 0.467. The van der Waals surface area contributed by atoms with E-state index in [1.807, 2.05) is 27.7 Å². The van der Waals surface area contributed by atoms with Gasteiger partial charge in [-0.2, -0.15) is 0 Å². The van der Waals surface area contributed by atoms with Crippen molar-refractivity contribution < 1.29 is 18.8 Å². The van der Waals surface area contributed by atoms with Gasteiger partial charge in [0.05, 0.1) is 29.2 Å². The first-order valence-electron chi connectivity index (χ1n) is 7.09. The van der Waals surface area contributed by atoms with Crippen molar-refractivity contribution in [3.8, 4) is 0 Å². The summed E-state index contributed by atoms with van der Waals surface area (Å²) in [7, 11) is -0.723. The molecule has 7 heteroatoms. The van der Waals surface area contributed by atoms with E-state index in [9.17, 15) is 9.50 Å². The molecule has 5 N–H and O–H groups in total. The minimum Gasteiger partial charge on any atom is -0.400 e. The summed E-state index contributed by atoms with van der Waals surface area (Å²) in [5, 5.41) is 9.62. The van der Waals surface area contributed by atoms with Crippen molar-refractivity contribution in [2.45, 2.75) is 38.9 Å². The molecule has 0 bridgehead atoms. The summed E-state index contributed by atoms with van der Waals surface area (Å²) in [4.78, 5) is 0. The Bertz CT molecular complexity index is 601. The second-order valence-corrected chi connectivity index (χ2v) is 6.46. The van der Waals surface area contributed by atoms with Crippen LogP contribution < -0.4 is 11.5 Å². The monoisotopic (exact) mass is 308 g/mol. The molecule has 0 atom stereocenters. The van der Waals surface area contributed by atoms with E-state index in [0.717, 1.165) is 6.07 Å². The second kappa shape index (κ2) is 5.57. The fourth-order valence-corrected chi connectivity index (χ4v) is 2.16. The molecule has 0 radical (unpaired) electrons. The first kappa shape index (κ1) is 16.8. The highest BCUT2D eigenvalue weighted by Gasteiger charge is 2.52. The van der Waals surface area contributed by atoms with Crippen molar-refractivity contribution in [2.75, 3.05) is 18.1 Å². The summed E-state index contributed by atoms with van der Waals surface area (Å²) in [6.45, 7) is 7.35. The van der Waals surface area contributed by atoms with E-state index in [0.29, 0.717) is 11.0 Å². The highest BCUT2D eigenvalue weighted by molar-refractivity contribution is 6.55. The standard InChI is InChI=1S/C15H22BFN2O3/c1-14(2)15(3,4)22-16(21-14)10(8-20)5-9-6-11(17)7-12(18)13(9)19/h5-7,20H,8,18-19H2,1-4H3. The van der Waals surface area contributed by atoms with E-state index < -0.39 is 24.1 Å². The number of hydrogen-bond acceptors (Lipinski definition) is 5. The van der Waals surface area contributed by atoms with Gasteiger partial charge in [0.2, 0.25) is 0 Å². The number of rotatable bonds is 3. The molecule has 1 heterocycles. The molecule has 22 heavy (non-hydrogen) atoms. The number of halogens is 1. The highest BCUT2D eigenvalue weighted by Crippen LogP contribution is 2.39. The molecular weight excluding hydrogens is 286 g/mol. The lowest BCUT2D eigenvalue weighted by Crippen LogP contribution is -2.41. The van der Waals surface area contributed by atoms with Gasteiger partial charge in [-0.05, 0) is 45.3 Å². The molecule has 0 aliphatic carbocycles. The summed E-state index contributed by atoms with van der Waals surface area (Å²) in [6.07, 6.45) is 1.55. The Morgan fingerprint density at radius 3 is 2.27 bits per heavy atom. The molecule has 0 spiro atoms. The van der Waals surface area contributed by atoms with Crippen LogP contribution in [0.3, 0.4) is 0 Å². The van der Waals surface area contributed by atoms with Gasteiger partial charge < -0.3 is 25.9 Å². The van der Waals surface area contributed by atoms with Crippen LogP contribution in [0.2, 0.25) is 0 Å². The van der Waals surface area contributed by atoms with Crippen molar-refractivity contribution in [3.05, 3.63) is 29.0 Å². The van der Waals surface area contributed by atoms with E-state index in [1.165, 1.54) is 6.07 Å². The van der Waals surface area contributed by atoms with Crippen molar-refractivity contribution in [2.24, 2.45) is 0 Å². The van der Waals surface area contributed by atoms with Gasteiger partial charge in [-0.3, -0.25) is 0 Å². The van der Waals surface area contributed by atoms with Crippen LogP contribution >= 0.6 is 0 Å². The molecule has 1 aromatic carbocycles. The summed E-state index contributed by atoms with van der Waals surface area (Å²) in [6, 6.07) is 2.41. The van der Waals surface area contributed by atoms with Gasteiger partial charge in [-0.25, -0.2) is 4.39 Å². The molecule has 1 aliphatic heterocycles. The quantitative estimate of drug-likeness (QED) is 0.587. The fourth-order valence-electron chi connectivity index (χ4n) is 2.16. The maximum absolute atomic E-state index is 13.5. The zero-order chi connectivity index (χ0) is 16.7. The predicted molar refractivity (Wildman–Crippen MR) is 86.4 cm³/mol. The molecule has 1 aliphatic rings. The maximum Gasteiger partial charge on any atom is 0.492 e. The van der Waals surface area contributed by atoms with E-state index in [-0.39, 0.29) is 18.0 Å². The van der Waals surface area contributed by atoms with Crippen LogP contribution in [-0.2, 0) is 9.31 Å². The molecule has 1 aromatic rings. The molecular formula is C15H22BFN2O3. The first-order chi connectivity index (χ1) is 10.1. The molecule has 2 rings (SSSR count). The van der Waals surface area contributed by atoms with Gasteiger partial charge in [-0.1, -0.05) is 6.08 Å². The van der Waals surface area contributed by atoms with Gasteiger partial charge in [0.1, 0.15) is 5.82 Å². The van der Waals surface area contributed by atoms with Crippen molar-refractivity contribution in [3.63, 3.8) is 0 Å². The van der Waals surface area contributed by atoms with Crippen LogP contribution in [0.15, 0.2) is 17.6 Å². The third-order valence-corrected chi connectivity index (χ3v) is 4.29. The van der Waals surface area contributed by atoms with Gasteiger partial charge in [0.25, 0.3) is 0 Å². The summed E-state index contributed by atoms with van der Waals surface area (Å²) in [5.41, 5.74) is 11.7. The minimum atomic E-state index is -0.723. The van der Waals surface area contributed by atoms with E-state index in [4.69, 9.17) is 20.8 Å². The van der Waals surface area contributed by atoms with Crippen LogP contribution in [0.25, 0.3) is 6.08 Å². The maximum atomic E-state index is 13.5. The smallest absolute Gasteiger partial charge is 0.400 e. The van der Waals surface area contributed by atoms with Gasteiger partial charge in [-0.15, -0.1) is 0 Å². The lowest BCUT2D eigenvalue weighted by molar-refractivity contribution is 0.00578. The number of nitrogens with two attached hydrogens (primary N) is 2. The van der Waals surface area contributed by atoms with Crippen LogP contribution in [0.4, 0.5) is 15.8 Å². The van der Waals surface area contributed by atoms with Gasteiger partial charge in [0.15, 0.2) is 0 Å². The largest absolute Gasteiger partial charge is 0.492 e. The molecule has 0 unspecified atom stereocenters. The molecule has 1 fully saturated rings. The van der Waals surface area contributed by atoms with Crippen LogP contribution in [0.1, 0.15) is 33.3 Å². The third kappa shape index (κ3) is 2.97. The van der Waals surface area contributed by atoms with Gasteiger partial charge >= 0.3 is 7.12 Å². The number of benzene rings is 1. The topological polar surface area (TPSA) is 90.7 Å². The number of nitrogen functional groups attached to an aromatic ring is 2. The van der Waals surface area contributed by atoms with Crippen LogP contribution in [0, 0.1) is 5.82 Å². The van der Waals surface area contributed by atoms with Crippen molar-refractivity contribution in [1.29, 1.82) is 0 Å². The highest BCUT2D eigenvalue weighted by atomic mass is 19.1. The first-order valence-corrected chi connectivity index (χ1v) is 7.09.